The van der Waals surface area contributed by atoms with Crippen molar-refractivity contribution in [3.05, 3.63) is 0 Å². The first kappa shape index (κ1) is 45.3. The maximum atomic E-state index is 10.5. The molecule has 0 radical (unpaired) electrons. The minimum Gasteiger partial charge on any atom is -0.481 e. The molecule has 0 saturated carbocycles. The average Bonchev–Trinajstić information content (AvgIpc) is 3.02. The summed E-state index contributed by atoms with van der Waals surface area (Å²) in [5.74, 6) is -0.649. The first-order valence-corrected chi connectivity index (χ1v) is 24.9. The first-order chi connectivity index (χ1) is 22.1. The van der Waals surface area contributed by atoms with Crippen molar-refractivity contribution in [2.75, 3.05) is 0 Å². The van der Waals surface area contributed by atoms with Crippen LogP contribution in [0.5, 0.6) is 0 Å². The van der Waals surface area contributed by atoms with E-state index in [1.807, 2.05) is 0 Å². The van der Waals surface area contributed by atoms with Crippen molar-refractivity contribution >= 4 is 35.5 Å². The van der Waals surface area contributed by atoms with Gasteiger partial charge in [-0.2, -0.15) is 22.2 Å². The summed E-state index contributed by atoms with van der Waals surface area (Å²) in [5.41, 5.74) is 0. The molecular formula is C40H80Cl2O2Si. The number of hydrogen-bond donors (Lipinski definition) is 1. The predicted octanol–water partition coefficient (Wildman–Crippen LogP) is 15.6. The number of carboxylic acids is 1. The Kier molecular flexibility index (Phi) is 40.7. The lowest BCUT2D eigenvalue weighted by Crippen LogP contribution is -1.93. The Morgan fingerprint density at radius 1 is 0.311 bits per heavy atom. The Morgan fingerprint density at radius 2 is 0.467 bits per heavy atom. The van der Waals surface area contributed by atoms with Gasteiger partial charge >= 0.3 is 5.97 Å². The van der Waals surface area contributed by atoms with E-state index >= 15 is 0 Å². The van der Waals surface area contributed by atoms with Crippen LogP contribution in [0.3, 0.4) is 0 Å². The fraction of sp³-hybridized carbons (Fsp3) is 0.975. The highest BCUT2D eigenvalue weighted by atomic mass is 35.7. The molecule has 0 spiro atoms. The monoisotopic (exact) mass is 691 g/mol. The molecule has 0 saturated heterocycles. The zero-order valence-corrected chi connectivity index (χ0v) is 32.9. The molecule has 45 heavy (non-hydrogen) atoms. The summed E-state index contributed by atoms with van der Waals surface area (Å²) in [4.78, 5) is 10.5. The van der Waals surface area contributed by atoms with E-state index in [-0.39, 0.29) is 0 Å². The van der Waals surface area contributed by atoms with Crippen molar-refractivity contribution in [1.29, 1.82) is 0 Å². The molecule has 0 aliphatic carbocycles. The summed E-state index contributed by atoms with van der Waals surface area (Å²) in [7, 11) is -1.34. The maximum Gasteiger partial charge on any atom is 0.303 e. The van der Waals surface area contributed by atoms with Crippen LogP contribution in [0.25, 0.3) is 0 Å². The fourth-order valence-corrected chi connectivity index (χ4v) is 8.29. The maximum absolute atomic E-state index is 10.5. The van der Waals surface area contributed by atoms with Gasteiger partial charge in [0.05, 0.1) is 0 Å². The lowest BCUT2D eigenvalue weighted by Gasteiger charge is -2.05. The number of carbonyl (C=O) groups is 1. The van der Waals surface area contributed by atoms with Gasteiger partial charge in [-0.1, -0.05) is 231 Å². The Morgan fingerprint density at radius 3 is 0.622 bits per heavy atom. The van der Waals surface area contributed by atoms with E-state index in [1.165, 1.54) is 225 Å². The van der Waals surface area contributed by atoms with E-state index < -0.39 is 13.4 Å². The van der Waals surface area contributed by atoms with Crippen LogP contribution in [0.4, 0.5) is 0 Å². The van der Waals surface area contributed by atoms with Crippen LogP contribution in [-0.4, -0.2) is 18.5 Å². The number of unbranched alkanes of at least 4 members (excludes halogenated alkanes) is 36. The van der Waals surface area contributed by atoms with Gasteiger partial charge in [0, 0.05) is 6.42 Å². The van der Waals surface area contributed by atoms with Gasteiger partial charge in [-0.15, -0.1) is 0 Å². The van der Waals surface area contributed by atoms with E-state index in [1.54, 1.807) is 0 Å². The van der Waals surface area contributed by atoms with Crippen molar-refractivity contribution in [3.8, 4) is 0 Å². The van der Waals surface area contributed by atoms with Crippen molar-refractivity contribution in [1.82, 2.24) is 0 Å². The molecule has 0 aromatic heterocycles. The highest BCUT2D eigenvalue weighted by Crippen LogP contribution is 2.18. The van der Waals surface area contributed by atoms with Crippen molar-refractivity contribution in [2.45, 2.75) is 250 Å². The molecule has 0 aliphatic rings. The zero-order valence-electron chi connectivity index (χ0n) is 30.3. The molecule has 0 unspecified atom stereocenters. The van der Waals surface area contributed by atoms with Crippen molar-refractivity contribution < 1.29 is 9.90 Å². The normalized spacial score (nSPS) is 11.6. The lowest BCUT2D eigenvalue weighted by molar-refractivity contribution is -0.137. The summed E-state index contributed by atoms with van der Waals surface area (Å²) in [6.07, 6.45) is 52.1. The number of hydrogen-bond acceptors (Lipinski definition) is 1. The third kappa shape index (κ3) is 44.3. The highest BCUT2D eigenvalue weighted by Gasteiger charge is 2.01. The largest absolute Gasteiger partial charge is 0.481 e. The molecule has 1 N–H and O–H groups in total. The second kappa shape index (κ2) is 40.4. The minimum atomic E-state index is -1.34. The van der Waals surface area contributed by atoms with Crippen LogP contribution >= 0.6 is 22.2 Å². The summed E-state index contributed by atoms with van der Waals surface area (Å²) in [6, 6.07) is 1.09. The van der Waals surface area contributed by atoms with Crippen LogP contribution in [0.1, 0.15) is 244 Å². The summed E-state index contributed by atoms with van der Waals surface area (Å²) in [5, 5.41) is 8.65. The summed E-state index contributed by atoms with van der Waals surface area (Å²) >= 11 is 11.8. The average molecular weight is 692 g/mol. The minimum absolute atomic E-state index is 0.345. The number of aliphatic carboxylic acids is 1. The van der Waals surface area contributed by atoms with Crippen molar-refractivity contribution in [2.24, 2.45) is 0 Å². The molecule has 0 atom stereocenters. The molecule has 0 aliphatic heterocycles. The molecule has 0 fully saturated rings. The van der Waals surface area contributed by atoms with Crippen LogP contribution in [0, 0.1) is 0 Å². The molecule has 0 amide bonds. The Hall–Kier alpha value is 0.267. The van der Waals surface area contributed by atoms with Gasteiger partial charge in [0.15, 0.2) is 0 Å². The standard InChI is InChI=1S/C40H80Cl2O2Si/c41-45(42)39-37-35-33-31-29-27-25-23-21-19-17-15-13-11-9-7-5-3-1-2-4-6-8-10-12-14-16-18-20-22-24-26-28-30-32-34-36-38-40(43)44/h45H,1-39H2,(H,43,44). The molecule has 2 nitrogen and oxygen atoms in total. The molecule has 270 valence electrons. The Labute approximate surface area is 294 Å². The van der Waals surface area contributed by atoms with Crippen LogP contribution in [0.2, 0.25) is 6.04 Å². The number of halogens is 2. The second-order valence-corrected chi connectivity index (χ2v) is 19.6. The van der Waals surface area contributed by atoms with E-state index in [9.17, 15) is 4.79 Å². The summed E-state index contributed by atoms with van der Waals surface area (Å²) in [6.45, 7) is 0. The lowest BCUT2D eigenvalue weighted by atomic mass is 10.0. The van der Waals surface area contributed by atoms with E-state index in [0.717, 1.165) is 18.9 Å². The fourth-order valence-electron chi connectivity index (χ4n) is 6.76. The molecule has 0 heterocycles. The summed E-state index contributed by atoms with van der Waals surface area (Å²) < 4.78 is 0. The molecular weight excluding hydrogens is 611 g/mol. The van der Waals surface area contributed by atoms with Gasteiger partial charge < -0.3 is 5.11 Å². The van der Waals surface area contributed by atoms with Crippen LogP contribution in [0.15, 0.2) is 0 Å². The van der Waals surface area contributed by atoms with Gasteiger partial charge in [-0.25, -0.2) is 0 Å². The predicted molar refractivity (Wildman–Crippen MR) is 207 cm³/mol. The molecule has 0 aromatic rings. The van der Waals surface area contributed by atoms with E-state index in [2.05, 4.69) is 0 Å². The highest BCUT2D eigenvalue weighted by molar-refractivity contribution is 7.33. The quantitative estimate of drug-likeness (QED) is 0.0394. The molecule has 0 bridgehead atoms. The number of carboxylic acid groups (broad SMARTS) is 1. The van der Waals surface area contributed by atoms with E-state index in [0.29, 0.717) is 6.42 Å². The van der Waals surface area contributed by atoms with Gasteiger partial charge in [-0.05, 0) is 12.5 Å². The van der Waals surface area contributed by atoms with Gasteiger partial charge in [0.25, 0.3) is 0 Å². The molecule has 0 aromatic carbocycles. The third-order valence-electron chi connectivity index (χ3n) is 9.81. The van der Waals surface area contributed by atoms with E-state index in [4.69, 9.17) is 27.3 Å². The van der Waals surface area contributed by atoms with Gasteiger partial charge in [-0.3, -0.25) is 4.79 Å². The first-order valence-electron chi connectivity index (χ1n) is 20.6. The smallest absolute Gasteiger partial charge is 0.303 e. The molecule has 0 rings (SSSR count). The topological polar surface area (TPSA) is 37.3 Å². The zero-order chi connectivity index (χ0) is 32.7. The number of rotatable bonds is 40. The van der Waals surface area contributed by atoms with Crippen LogP contribution in [-0.2, 0) is 4.79 Å². The SMILES string of the molecule is O=C(O)CCCCCCCCCCCCCCCCCCCCCCCCCCCCCCCCCCCCCCC[SiH](Cl)Cl. The third-order valence-corrected chi connectivity index (χ3v) is 12.0. The van der Waals surface area contributed by atoms with Crippen LogP contribution < -0.4 is 0 Å². The Balaban J connectivity index is 3.05. The Bertz CT molecular complexity index is 560. The van der Waals surface area contributed by atoms with Gasteiger partial charge in [0.1, 0.15) is 0 Å². The van der Waals surface area contributed by atoms with Gasteiger partial charge in [0.2, 0.25) is 7.42 Å². The van der Waals surface area contributed by atoms with Crippen molar-refractivity contribution in [3.63, 3.8) is 0 Å². The molecule has 5 heteroatoms. The second-order valence-electron chi connectivity index (χ2n) is 14.4.